The van der Waals surface area contributed by atoms with E-state index in [1.54, 1.807) is 12.3 Å². The Morgan fingerprint density at radius 2 is 1.91 bits per heavy atom. The molecule has 0 unspecified atom stereocenters. The summed E-state index contributed by atoms with van der Waals surface area (Å²) in [6, 6.07) is 15.4. The lowest BCUT2D eigenvalue weighted by Crippen LogP contribution is -2.09. The van der Waals surface area contributed by atoms with Crippen LogP contribution in [0.5, 0.6) is 0 Å². The molecule has 5 heteroatoms. The van der Waals surface area contributed by atoms with Gasteiger partial charge in [0.05, 0.1) is 12.7 Å². The minimum absolute atomic E-state index is 0.328. The first kappa shape index (κ1) is 15.5. The average molecular weight is 371 g/mol. The van der Waals surface area contributed by atoms with Crippen molar-refractivity contribution in [2.24, 2.45) is 0 Å². The number of halogens is 1. The number of hydrogen-bond donors (Lipinski definition) is 0. The van der Waals surface area contributed by atoms with Gasteiger partial charge in [-0.3, -0.25) is 0 Å². The Morgan fingerprint density at radius 3 is 2.65 bits per heavy atom. The Hall–Kier alpha value is -2.40. The normalized spacial score (nSPS) is 10.5. The fourth-order valence-electron chi connectivity index (χ4n) is 2.45. The lowest BCUT2D eigenvalue weighted by Gasteiger charge is -2.11. The van der Waals surface area contributed by atoms with Gasteiger partial charge in [0, 0.05) is 29.0 Å². The molecule has 0 amide bonds. The van der Waals surface area contributed by atoms with E-state index in [0.717, 1.165) is 21.4 Å². The first-order valence-electron chi connectivity index (χ1n) is 7.12. The fraction of sp³-hybridized carbons (Fsp3) is 0.111. The van der Waals surface area contributed by atoms with Gasteiger partial charge < -0.3 is 9.30 Å². The summed E-state index contributed by atoms with van der Waals surface area (Å²) in [5.41, 5.74) is 2.50. The molecular formula is C18H15BrN2O2. The van der Waals surface area contributed by atoms with Gasteiger partial charge >= 0.3 is 5.97 Å². The van der Waals surface area contributed by atoms with E-state index in [1.165, 1.54) is 7.11 Å². The van der Waals surface area contributed by atoms with Crippen LogP contribution in [0.15, 0.2) is 65.4 Å². The lowest BCUT2D eigenvalue weighted by atomic mass is 10.1. The summed E-state index contributed by atoms with van der Waals surface area (Å²) in [4.78, 5) is 16.3. The van der Waals surface area contributed by atoms with E-state index in [9.17, 15) is 4.79 Å². The molecule has 0 saturated carbocycles. The van der Waals surface area contributed by atoms with E-state index in [0.29, 0.717) is 12.1 Å². The van der Waals surface area contributed by atoms with Crippen LogP contribution in [0.3, 0.4) is 0 Å². The Labute approximate surface area is 142 Å². The zero-order valence-corrected chi connectivity index (χ0v) is 14.2. The highest BCUT2D eigenvalue weighted by Gasteiger charge is 2.13. The van der Waals surface area contributed by atoms with E-state index < -0.39 is 0 Å². The van der Waals surface area contributed by atoms with Crippen LogP contribution in [0.4, 0.5) is 0 Å². The fourth-order valence-corrected chi connectivity index (χ4v) is 2.71. The zero-order valence-electron chi connectivity index (χ0n) is 12.6. The molecule has 0 aliphatic heterocycles. The van der Waals surface area contributed by atoms with Crippen LogP contribution < -0.4 is 0 Å². The summed E-state index contributed by atoms with van der Waals surface area (Å²) in [5.74, 6) is 0.531. The minimum atomic E-state index is -0.328. The van der Waals surface area contributed by atoms with Crippen LogP contribution in [0, 0.1) is 0 Å². The number of benzene rings is 2. The molecule has 0 spiro atoms. The third kappa shape index (κ3) is 3.35. The lowest BCUT2D eigenvalue weighted by molar-refractivity contribution is 0.0599. The average Bonchev–Trinajstić information content (AvgIpc) is 3.03. The van der Waals surface area contributed by atoms with E-state index in [4.69, 9.17) is 4.74 Å². The van der Waals surface area contributed by atoms with Crippen LogP contribution in [-0.2, 0) is 11.3 Å². The number of nitrogens with zero attached hydrogens (tertiary/aromatic N) is 2. The molecule has 4 nitrogen and oxygen atoms in total. The molecule has 3 aromatic rings. The van der Waals surface area contributed by atoms with Crippen LogP contribution in [-0.4, -0.2) is 22.6 Å². The summed E-state index contributed by atoms with van der Waals surface area (Å²) in [6.07, 6.45) is 3.67. The number of rotatable bonds is 4. The number of aromatic nitrogens is 2. The number of esters is 1. The van der Waals surface area contributed by atoms with Gasteiger partial charge in [0.1, 0.15) is 5.82 Å². The van der Waals surface area contributed by atoms with Crippen LogP contribution in [0.1, 0.15) is 15.9 Å². The highest BCUT2D eigenvalue weighted by atomic mass is 79.9. The zero-order chi connectivity index (χ0) is 16.2. The number of methoxy groups -OCH3 is 1. The van der Waals surface area contributed by atoms with Crippen molar-refractivity contribution in [3.8, 4) is 11.4 Å². The molecule has 0 fully saturated rings. The second kappa shape index (κ2) is 6.79. The van der Waals surface area contributed by atoms with Gasteiger partial charge in [-0.05, 0) is 23.8 Å². The van der Waals surface area contributed by atoms with Crippen molar-refractivity contribution in [1.29, 1.82) is 0 Å². The molecule has 0 saturated heterocycles. The van der Waals surface area contributed by atoms with Crippen LogP contribution in [0.25, 0.3) is 11.4 Å². The summed E-state index contributed by atoms with van der Waals surface area (Å²) in [5, 5.41) is 0. The number of carbonyl (C=O) groups excluding carboxylic acids is 1. The SMILES string of the molecule is COC(=O)c1ccccc1Cn1ccnc1-c1ccc(Br)cc1. The maximum absolute atomic E-state index is 11.9. The predicted molar refractivity (Wildman–Crippen MR) is 92.2 cm³/mol. The molecule has 23 heavy (non-hydrogen) atoms. The molecule has 0 radical (unpaired) electrons. The Kier molecular flexibility index (Phi) is 4.57. The van der Waals surface area contributed by atoms with E-state index in [1.807, 2.05) is 53.2 Å². The second-order valence-electron chi connectivity index (χ2n) is 5.03. The summed E-state index contributed by atoms with van der Waals surface area (Å²) < 4.78 is 7.90. The van der Waals surface area contributed by atoms with E-state index >= 15 is 0 Å². The second-order valence-corrected chi connectivity index (χ2v) is 5.95. The largest absolute Gasteiger partial charge is 0.465 e. The Morgan fingerprint density at radius 1 is 1.17 bits per heavy atom. The standard InChI is InChI=1S/C18H15BrN2O2/c1-23-18(22)16-5-3-2-4-14(16)12-21-11-10-20-17(21)13-6-8-15(19)9-7-13/h2-11H,12H2,1H3. The monoisotopic (exact) mass is 370 g/mol. The van der Waals surface area contributed by atoms with Crippen molar-refractivity contribution >= 4 is 21.9 Å². The first-order valence-corrected chi connectivity index (χ1v) is 7.91. The highest BCUT2D eigenvalue weighted by molar-refractivity contribution is 9.10. The molecule has 0 aliphatic rings. The highest BCUT2D eigenvalue weighted by Crippen LogP contribution is 2.22. The smallest absolute Gasteiger partial charge is 0.338 e. The van der Waals surface area contributed by atoms with Crippen molar-refractivity contribution < 1.29 is 9.53 Å². The van der Waals surface area contributed by atoms with Crippen LogP contribution in [0.2, 0.25) is 0 Å². The predicted octanol–water partition coefficient (Wildman–Crippen LogP) is 4.15. The third-order valence-electron chi connectivity index (χ3n) is 3.58. The number of ether oxygens (including phenoxy) is 1. The van der Waals surface area contributed by atoms with Crippen molar-refractivity contribution in [1.82, 2.24) is 9.55 Å². The molecule has 1 heterocycles. The van der Waals surface area contributed by atoms with Crippen molar-refractivity contribution in [2.45, 2.75) is 6.54 Å². The van der Waals surface area contributed by atoms with Gasteiger partial charge in [-0.15, -0.1) is 0 Å². The maximum Gasteiger partial charge on any atom is 0.338 e. The molecule has 116 valence electrons. The first-order chi connectivity index (χ1) is 11.2. The Balaban J connectivity index is 1.95. The number of hydrogen-bond acceptors (Lipinski definition) is 3. The molecular weight excluding hydrogens is 356 g/mol. The molecule has 1 aromatic heterocycles. The van der Waals surface area contributed by atoms with E-state index in [2.05, 4.69) is 20.9 Å². The van der Waals surface area contributed by atoms with Gasteiger partial charge in [-0.1, -0.05) is 46.3 Å². The van der Waals surface area contributed by atoms with Crippen molar-refractivity contribution in [3.63, 3.8) is 0 Å². The molecule has 0 N–H and O–H groups in total. The number of carbonyl (C=O) groups is 1. The van der Waals surface area contributed by atoms with Gasteiger partial charge in [0.15, 0.2) is 0 Å². The summed E-state index contributed by atoms with van der Waals surface area (Å²) >= 11 is 3.44. The van der Waals surface area contributed by atoms with E-state index in [-0.39, 0.29) is 5.97 Å². The van der Waals surface area contributed by atoms with Gasteiger partial charge in [-0.25, -0.2) is 9.78 Å². The van der Waals surface area contributed by atoms with Gasteiger partial charge in [-0.2, -0.15) is 0 Å². The van der Waals surface area contributed by atoms with Crippen molar-refractivity contribution in [3.05, 3.63) is 76.5 Å². The minimum Gasteiger partial charge on any atom is -0.465 e. The Bertz CT molecular complexity index is 825. The maximum atomic E-state index is 11.9. The van der Waals surface area contributed by atoms with Gasteiger partial charge in [0.2, 0.25) is 0 Å². The van der Waals surface area contributed by atoms with Gasteiger partial charge in [0.25, 0.3) is 0 Å². The molecule has 0 aliphatic carbocycles. The third-order valence-corrected chi connectivity index (χ3v) is 4.11. The summed E-state index contributed by atoms with van der Waals surface area (Å²) in [6.45, 7) is 0.552. The molecule has 2 aromatic carbocycles. The molecule has 0 bridgehead atoms. The van der Waals surface area contributed by atoms with Crippen LogP contribution >= 0.6 is 15.9 Å². The molecule has 0 atom stereocenters. The van der Waals surface area contributed by atoms with Crippen molar-refractivity contribution in [2.75, 3.05) is 7.11 Å². The quantitative estimate of drug-likeness (QED) is 0.648. The molecule has 3 rings (SSSR count). The number of imidazole rings is 1. The summed E-state index contributed by atoms with van der Waals surface area (Å²) in [7, 11) is 1.39. The topological polar surface area (TPSA) is 44.1 Å².